The summed E-state index contributed by atoms with van der Waals surface area (Å²) in [6, 6.07) is 10.2. The maximum absolute atomic E-state index is 13.0. The predicted molar refractivity (Wildman–Crippen MR) is 128 cm³/mol. The molecule has 2 fully saturated rings. The van der Waals surface area contributed by atoms with Crippen LogP contribution in [0.4, 0.5) is 11.5 Å². The van der Waals surface area contributed by atoms with Gasteiger partial charge in [-0.3, -0.25) is 4.79 Å². The molecule has 9 heteroatoms. The van der Waals surface area contributed by atoms with Gasteiger partial charge in [-0.1, -0.05) is 0 Å². The number of sulfonamides is 1. The molecule has 1 N–H and O–H groups in total. The van der Waals surface area contributed by atoms with Crippen LogP contribution in [0.3, 0.4) is 0 Å². The molecule has 2 aromatic rings. The standard InChI is InChI=1S/C24H32N4O4S/c1-2-32-20-8-10-21(11-9-20)33(30,31)28-17-12-19(13-18-28)24(29)26-22-7-6-14-25-23(22)27-15-4-3-5-16-27/h6-11,14,19H,2-5,12-13,15-18H2,1H3,(H,26,29). The molecule has 33 heavy (non-hydrogen) atoms. The van der Waals surface area contributed by atoms with Crippen LogP contribution in [0.15, 0.2) is 47.5 Å². The first-order valence-corrected chi connectivity index (χ1v) is 13.2. The number of hydrogen-bond donors (Lipinski definition) is 1. The maximum Gasteiger partial charge on any atom is 0.243 e. The van der Waals surface area contributed by atoms with Gasteiger partial charge in [0.25, 0.3) is 0 Å². The second-order valence-corrected chi connectivity index (χ2v) is 10.4. The topological polar surface area (TPSA) is 91.8 Å². The van der Waals surface area contributed by atoms with E-state index in [1.54, 1.807) is 30.5 Å². The van der Waals surface area contributed by atoms with Crippen molar-refractivity contribution in [3.05, 3.63) is 42.6 Å². The highest BCUT2D eigenvalue weighted by Crippen LogP contribution is 2.29. The first kappa shape index (κ1) is 23.5. The Balaban J connectivity index is 1.37. The molecule has 0 bridgehead atoms. The van der Waals surface area contributed by atoms with E-state index in [9.17, 15) is 13.2 Å². The lowest BCUT2D eigenvalue weighted by atomic mass is 9.97. The zero-order valence-corrected chi connectivity index (χ0v) is 19.9. The summed E-state index contributed by atoms with van der Waals surface area (Å²) in [5.41, 5.74) is 0.730. The van der Waals surface area contributed by atoms with Crippen molar-refractivity contribution in [2.45, 2.75) is 43.9 Å². The summed E-state index contributed by atoms with van der Waals surface area (Å²) >= 11 is 0. The van der Waals surface area contributed by atoms with E-state index in [0.717, 1.165) is 37.4 Å². The number of hydrogen-bond acceptors (Lipinski definition) is 6. The number of piperidine rings is 2. The molecule has 0 unspecified atom stereocenters. The molecule has 0 saturated carbocycles. The minimum absolute atomic E-state index is 0.0700. The first-order valence-electron chi connectivity index (χ1n) is 11.7. The zero-order valence-electron chi connectivity index (χ0n) is 19.1. The maximum atomic E-state index is 13.0. The third kappa shape index (κ3) is 5.47. The Hall–Kier alpha value is -2.65. The molecule has 178 valence electrons. The van der Waals surface area contributed by atoms with Crippen molar-refractivity contribution in [1.82, 2.24) is 9.29 Å². The second kappa shape index (κ2) is 10.5. The van der Waals surface area contributed by atoms with Gasteiger partial charge in [0.1, 0.15) is 5.75 Å². The molecule has 1 amide bonds. The number of aromatic nitrogens is 1. The van der Waals surface area contributed by atoms with Crippen molar-refractivity contribution >= 4 is 27.4 Å². The third-order valence-electron chi connectivity index (χ3n) is 6.30. The van der Waals surface area contributed by atoms with Crippen molar-refractivity contribution in [1.29, 1.82) is 0 Å². The fraction of sp³-hybridized carbons (Fsp3) is 0.500. The average Bonchev–Trinajstić information content (AvgIpc) is 2.85. The minimum Gasteiger partial charge on any atom is -0.494 e. The van der Waals surface area contributed by atoms with Crippen LogP contribution in [0.2, 0.25) is 0 Å². The number of rotatable bonds is 7. The van der Waals surface area contributed by atoms with Crippen LogP contribution in [0.1, 0.15) is 39.0 Å². The third-order valence-corrected chi connectivity index (χ3v) is 8.21. The number of amides is 1. The lowest BCUT2D eigenvalue weighted by molar-refractivity contribution is -0.120. The number of carbonyl (C=O) groups is 1. The molecule has 8 nitrogen and oxygen atoms in total. The van der Waals surface area contributed by atoms with E-state index in [0.29, 0.717) is 38.3 Å². The number of nitrogens with zero attached hydrogens (tertiary/aromatic N) is 3. The Labute approximate surface area is 196 Å². The number of ether oxygens (including phenoxy) is 1. The molecule has 1 aromatic carbocycles. The molecule has 0 aliphatic carbocycles. The van der Waals surface area contributed by atoms with Gasteiger partial charge in [0.05, 0.1) is 17.2 Å². The highest BCUT2D eigenvalue weighted by molar-refractivity contribution is 7.89. The summed E-state index contributed by atoms with van der Waals surface area (Å²) < 4.78 is 32.9. The average molecular weight is 473 g/mol. The largest absolute Gasteiger partial charge is 0.494 e. The van der Waals surface area contributed by atoms with Gasteiger partial charge < -0.3 is 15.0 Å². The smallest absolute Gasteiger partial charge is 0.243 e. The number of nitrogens with one attached hydrogen (secondary N) is 1. The van der Waals surface area contributed by atoms with Crippen LogP contribution in [-0.2, 0) is 14.8 Å². The van der Waals surface area contributed by atoms with Crippen LogP contribution in [0.5, 0.6) is 5.75 Å². The van der Waals surface area contributed by atoms with E-state index >= 15 is 0 Å². The van der Waals surface area contributed by atoms with Crippen molar-refractivity contribution in [3.8, 4) is 5.75 Å². The normalized spacial score (nSPS) is 18.2. The number of benzene rings is 1. The molecule has 0 radical (unpaired) electrons. The molecular formula is C24H32N4O4S. The molecule has 2 aliphatic heterocycles. The Morgan fingerprint density at radius 3 is 2.42 bits per heavy atom. The Morgan fingerprint density at radius 1 is 1.06 bits per heavy atom. The van der Waals surface area contributed by atoms with Gasteiger partial charge in [-0.2, -0.15) is 4.31 Å². The van der Waals surface area contributed by atoms with Gasteiger partial charge >= 0.3 is 0 Å². The molecular weight excluding hydrogens is 440 g/mol. The van der Waals surface area contributed by atoms with E-state index in [1.165, 1.54) is 10.7 Å². The van der Waals surface area contributed by atoms with Crippen LogP contribution in [-0.4, -0.2) is 56.4 Å². The molecule has 0 spiro atoms. The van der Waals surface area contributed by atoms with Crippen LogP contribution in [0, 0.1) is 5.92 Å². The Morgan fingerprint density at radius 2 is 1.76 bits per heavy atom. The summed E-state index contributed by atoms with van der Waals surface area (Å²) in [6.07, 6.45) is 6.21. The number of carbonyl (C=O) groups excluding carboxylic acids is 1. The number of pyridine rings is 1. The Bertz CT molecular complexity index is 1040. The van der Waals surface area contributed by atoms with E-state index in [1.807, 2.05) is 19.1 Å². The molecule has 3 heterocycles. The van der Waals surface area contributed by atoms with Crippen molar-refractivity contribution in [3.63, 3.8) is 0 Å². The highest BCUT2D eigenvalue weighted by Gasteiger charge is 2.32. The van der Waals surface area contributed by atoms with E-state index < -0.39 is 10.0 Å². The van der Waals surface area contributed by atoms with Gasteiger partial charge in [-0.05, 0) is 75.4 Å². The van der Waals surface area contributed by atoms with Gasteiger partial charge in [-0.25, -0.2) is 13.4 Å². The lowest BCUT2D eigenvalue weighted by Gasteiger charge is -2.32. The predicted octanol–water partition coefficient (Wildman–Crippen LogP) is 3.51. The summed E-state index contributed by atoms with van der Waals surface area (Å²) in [5.74, 6) is 1.16. The zero-order chi connectivity index (χ0) is 23.3. The Kier molecular flexibility index (Phi) is 7.49. The molecule has 4 rings (SSSR count). The fourth-order valence-electron chi connectivity index (χ4n) is 4.47. The van der Waals surface area contributed by atoms with E-state index in [4.69, 9.17) is 4.74 Å². The van der Waals surface area contributed by atoms with Gasteiger partial charge in [0.2, 0.25) is 15.9 Å². The highest BCUT2D eigenvalue weighted by atomic mass is 32.2. The molecule has 1 aromatic heterocycles. The van der Waals surface area contributed by atoms with Crippen molar-refractivity contribution < 1.29 is 17.9 Å². The monoisotopic (exact) mass is 472 g/mol. The number of anilines is 2. The summed E-state index contributed by atoms with van der Waals surface area (Å²) in [6.45, 7) is 4.94. The van der Waals surface area contributed by atoms with E-state index in [2.05, 4.69) is 15.2 Å². The molecule has 2 saturated heterocycles. The first-order chi connectivity index (χ1) is 16.0. The minimum atomic E-state index is -3.59. The molecule has 2 aliphatic rings. The van der Waals surface area contributed by atoms with Crippen LogP contribution >= 0.6 is 0 Å². The summed E-state index contributed by atoms with van der Waals surface area (Å²) in [4.78, 5) is 20.0. The second-order valence-electron chi connectivity index (χ2n) is 8.49. The van der Waals surface area contributed by atoms with E-state index in [-0.39, 0.29) is 16.7 Å². The summed E-state index contributed by atoms with van der Waals surface area (Å²) in [7, 11) is -3.59. The quantitative estimate of drug-likeness (QED) is 0.663. The van der Waals surface area contributed by atoms with Crippen LogP contribution < -0.4 is 15.0 Å². The van der Waals surface area contributed by atoms with Crippen LogP contribution in [0.25, 0.3) is 0 Å². The summed E-state index contributed by atoms with van der Waals surface area (Å²) in [5, 5.41) is 3.06. The van der Waals surface area contributed by atoms with Gasteiger partial charge in [0.15, 0.2) is 5.82 Å². The lowest BCUT2D eigenvalue weighted by Crippen LogP contribution is -2.41. The fourth-order valence-corrected chi connectivity index (χ4v) is 5.94. The van der Waals surface area contributed by atoms with Crippen molar-refractivity contribution in [2.24, 2.45) is 5.92 Å². The molecule has 0 atom stereocenters. The van der Waals surface area contributed by atoms with Crippen molar-refractivity contribution in [2.75, 3.05) is 43.0 Å². The van der Waals surface area contributed by atoms with Gasteiger partial charge in [-0.15, -0.1) is 0 Å². The van der Waals surface area contributed by atoms with Gasteiger partial charge in [0, 0.05) is 38.3 Å². The SMILES string of the molecule is CCOc1ccc(S(=O)(=O)N2CCC(C(=O)Nc3cccnc3N3CCCCC3)CC2)cc1.